The van der Waals surface area contributed by atoms with Crippen LogP contribution in [-0.4, -0.2) is 24.0 Å². The lowest BCUT2D eigenvalue weighted by Crippen LogP contribution is -2.35. The summed E-state index contributed by atoms with van der Waals surface area (Å²) in [6.45, 7) is 9.19. The van der Waals surface area contributed by atoms with Crippen molar-refractivity contribution in [3.63, 3.8) is 0 Å². The van der Waals surface area contributed by atoms with Gasteiger partial charge in [-0.15, -0.1) is 0 Å². The van der Waals surface area contributed by atoms with Gasteiger partial charge in [-0.3, -0.25) is 0 Å². The molecular weight excluding hydrogens is 208 g/mol. The maximum absolute atomic E-state index is 5.81. The van der Waals surface area contributed by atoms with Crippen LogP contribution in [0.25, 0.3) is 0 Å². The number of nitrogens with zero attached hydrogens (tertiary/aromatic N) is 1. The van der Waals surface area contributed by atoms with Gasteiger partial charge in [-0.25, -0.2) is 0 Å². The van der Waals surface area contributed by atoms with Crippen LogP contribution in [0.3, 0.4) is 0 Å². The van der Waals surface area contributed by atoms with Crippen LogP contribution in [0.2, 0.25) is 0 Å². The Morgan fingerprint density at radius 3 is 2.35 bits per heavy atom. The number of rotatable bonds is 7. The second-order valence-corrected chi connectivity index (χ2v) is 4.83. The van der Waals surface area contributed by atoms with E-state index in [1.54, 1.807) is 0 Å². The third-order valence-electron chi connectivity index (χ3n) is 3.13. The number of nitrogen functional groups attached to an aromatic ring is 1. The van der Waals surface area contributed by atoms with E-state index in [1.807, 2.05) is 12.1 Å². The second-order valence-electron chi connectivity index (χ2n) is 4.83. The van der Waals surface area contributed by atoms with Crippen LogP contribution in [0.15, 0.2) is 24.3 Å². The molecule has 0 aliphatic heterocycles. The van der Waals surface area contributed by atoms with Gasteiger partial charge in [0.05, 0.1) is 0 Å². The van der Waals surface area contributed by atoms with Crippen LogP contribution in [0.5, 0.6) is 0 Å². The summed E-state index contributed by atoms with van der Waals surface area (Å²) in [5, 5.41) is 0. The Hall–Kier alpha value is -1.02. The molecule has 0 aromatic heterocycles. The Kier molecular flexibility index (Phi) is 6.06. The zero-order chi connectivity index (χ0) is 12.7. The zero-order valence-corrected chi connectivity index (χ0v) is 11.4. The first-order chi connectivity index (χ1) is 8.17. The molecule has 0 saturated heterocycles. The minimum atomic E-state index is 0.594. The number of nitrogens with two attached hydrogens (primary N) is 1. The van der Waals surface area contributed by atoms with E-state index in [9.17, 15) is 0 Å². The lowest BCUT2D eigenvalue weighted by Gasteiger charge is -2.28. The standard InChI is InChI=1S/C15H26N2/c1-4-9-17(10-5-2)13(3)11-14-7-6-8-15(16)12-14/h6-8,12-13H,4-5,9-11,16H2,1-3H3. The predicted octanol–water partition coefficient (Wildman–Crippen LogP) is 3.32. The van der Waals surface area contributed by atoms with Crippen LogP contribution < -0.4 is 5.73 Å². The van der Waals surface area contributed by atoms with E-state index in [0.717, 1.165) is 12.1 Å². The van der Waals surface area contributed by atoms with Gasteiger partial charge in [0.25, 0.3) is 0 Å². The zero-order valence-electron chi connectivity index (χ0n) is 11.4. The van der Waals surface area contributed by atoms with Crippen molar-refractivity contribution in [2.75, 3.05) is 18.8 Å². The van der Waals surface area contributed by atoms with Crippen LogP contribution >= 0.6 is 0 Å². The summed E-state index contributed by atoms with van der Waals surface area (Å²) in [7, 11) is 0. The van der Waals surface area contributed by atoms with E-state index in [2.05, 4.69) is 37.8 Å². The van der Waals surface area contributed by atoms with Crippen molar-refractivity contribution < 1.29 is 0 Å². The lowest BCUT2D eigenvalue weighted by molar-refractivity contribution is 0.208. The van der Waals surface area contributed by atoms with Crippen LogP contribution in [0, 0.1) is 0 Å². The van der Waals surface area contributed by atoms with Crippen LogP contribution in [0.4, 0.5) is 5.69 Å². The molecule has 2 nitrogen and oxygen atoms in total. The third kappa shape index (κ3) is 4.78. The number of benzene rings is 1. The van der Waals surface area contributed by atoms with Gasteiger partial charge in [0, 0.05) is 11.7 Å². The minimum Gasteiger partial charge on any atom is -0.399 e. The molecular formula is C15H26N2. The van der Waals surface area contributed by atoms with Crippen LogP contribution in [0.1, 0.15) is 39.2 Å². The topological polar surface area (TPSA) is 29.3 Å². The molecule has 1 aromatic rings. The molecule has 0 spiro atoms. The van der Waals surface area contributed by atoms with Crippen molar-refractivity contribution in [3.8, 4) is 0 Å². The van der Waals surface area contributed by atoms with Gasteiger partial charge in [-0.2, -0.15) is 0 Å². The Balaban J connectivity index is 2.59. The highest BCUT2D eigenvalue weighted by Gasteiger charge is 2.12. The molecule has 0 aliphatic rings. The summed E-state index contributed by atoms with van der Waals surface area (Å²) in [6.07, 6.45) is 3.54. The molecule has 17 heavy (non-hydrogen) atoms. The van der Waals surface area contributed by atoms with E-state index in [1.165, 1.54) is 31.5 Å². The monoisotopic (exact) mass is 234 g/mol. The Morgan fingerprint density at radius 1 is 1.18 bits per heavy atom. The SMILES string of the molecule is CCCN(CCC)C(C)Cc1cccc(N)c1. The summed E-state index contributed by atoms with van der Waals surface area (Å²) < 4.78 is 0. The van der Waals surface area contributed by atoms with Gasteiger partial charge in [0.15, 0.2) is 0 Å². The molecule has 2 N–H and O–H groups in total. The summed E-state index contributed by atoms with van der Waals surface area (Å²) in [4.78, 5) is 2.57. The highest BCUT2D eigenvalue weighted by Crippen LogP contribution is 2.12. The summed E-state index contributed by atoms with van der Waals surface area (Å²) in [5.74, 6) is 0. The predicted molar refractivity (Wildman–Crippen MR) is 76.2 cm³/mol. The first-order valence-corrected chi connectivity index (χ1v) is 6.75. The quantitative estimate of drug-likeness (QED) is 0.733. The van der Waals surface area contributed by atoms with E-state index >= 15 is 0 Å². The van der Waals surface area contributed by atoms with Gasteiger partial charge in [-0.1, -0.05) is 26.0 Å². The van der Waals surface area contributed by atoms with E-state index < -0.39 is 0 Å². The lowest BCUT2D eigenvalue weighted by atomic mass is 10.0. The maximum atomic E-state index is 5.81. The normalized spacial score (nSPS) is 12.9. The molecule has 2 heteroatoms. The number of anilines is 1. The van der Waals surface area contributed by atoms with Crippen molar-refractivity contribution >= 4 is 5.69 Å². The molecule has 1 unspecified atom stereocenters. The van der Waals surface area contributed by atoms with Crippen molar-refractivity contribution in [1.29, 1.82) is 0 Å². The van der Waals surface area contributed by atoms with Crippen molar-refractivity contribution in [3.05, 3.63) is 29.8 Å². The van der Waals surface area contributed by atoms with E-state index in [-0.39, 0.29) is 0 Å². The van der Waals surface area contributed by atoms with Crippen molar-refractivity contribution in [2.45, 2.75) is 46.1 Å². The van der Waals surface area contributed by atoms with Crippen LogP contribution in [-0.2, 0) is 6.42 Å². The highest BCUT2D eigenvalue weighted by molar-refractivity contribution is 5.40. The molecule has 1 rings (SSSR count). The third-order valence-corrected chi connectivity index (χ3v) is 3.13. The largest absolute Gasteiger partial charge is 0.399 e. The fourth-order valence-electron chi connectivity index (χ4n) is 2.32. The van der Waals surface area contributed by atoms with Gasteiger partial charge < -0.3 is 10.6 Å². The van der Waals surface area contributed by atoms with Gasteiger partial charge in [0.2, 0.25) is 0 Å². The molecule has 0 amide bonds. The Morgan fingerprint density at radius 2 is 1.82 bits per heavy atom. The van der Waals surface area contributed by atoms with Crippen molar-refractivity contribution in [2.24, 2.45) is 0 Å². The highest BCUT2D eigenvalue weighted by atomic mass is 15.1. The first kappa shape index (κ1) is 14.0. The van der Waals surface area contributed by atoms with E-state index in [4.69, 9.17) is 5.73 Å². The molecule has 0 fully saturated rings. The fourth-order valence-corrected chi connectivity index (χ4v) is 2.32. The Labute approximate surface area is 106 Å². The molecule has 96 valence electrons. The molecule has 1 atom stereocenters. The molecule has 0 saturated carbocycles. The average molecular weight is 234 g/mol. The first-order valence-electron chi connectivity index (χ1n) is 6.75. The molecule has 0 aliphatic carbocycles. The smallest absolute Gasteiger partial charge is 0.0316 e. The summed E-state index contributed by atoms with van der Waals surface area (Å²) in [5.41, 5.74) is 8.02. The van der Waals surface area contributed by atoms with E-state index in [0.29, 0.717) is 6.04 Å². The molecule has 0 heterocycles. The average Bonchev–Trinajstić information content (AvgIpc) is 2.28. The minimum absolute atomic E-state index is 0.594. The van der Waals surface area contributed by atoms with Crippen molar-refractivity contribution in [1.82, 2.24) is 4.90 Å². The van der Waals surface area contributed by atoms with Gasteiger partial charge >= 0.3 is 0 Å². The number of hydrogen-bond donors (Lipinski definition) is 1. The maximum Gasteiger partial charge on any atom is 0.0316 e. The fraction of sp³-hybridized carbons (Fsp3) is 0.600. The molecule has 0 bridgehead atoms. The van der Waals surface area contributed by atoms with Gasteiger partial charge in [0.1, 0.15) is 0 Å². The second kappa shape index (κ2) is 7.33. The summed E-state index contributed by atoms with van der Waals surface area (Å²) >= 11 is 0. The number of hydrogen-bond acceptors (Lipinski definition) is 2. The summed E-state index contributed by atoms with van der Waals surface area (Å²) in [6, 6.07) is 8.85. The molecule has 1 aromatic carbocycles. The Bertz CT molecular complexity index is 316. The molecule has 0 radical (unpaired) electrons. The van der Waals surface area contributed by atoms with Gasteiger partial charge in [-0.05, 0) is 57.0 Å².